The fraction of sp³-hybridized carbons (Fsp3) is 1.00. The van der Waals surface area contributed by atoms with Crippen molar-refractivity contribution in [2.45, 2.75) is 38.8 Å². The Kier molecular flexibility index (Phi) is 3.88. The summed E-state index contributed by atoms with van der Waals surface area (Å²) in [4.78, 5) is 5.16. The Morgan fingerprint density at radius 1 is 1.00 bits per heavy atom. The lowest BCUT2D eigenvalue weighted by molar-refractivity contribution is 0.0411. The predicted molar refractivity (Wildman–Crippen MR) is 68.4 cm³/mol. The van der Waals surface area contributed by atoms with Gasteiger partial charge in [0.05, 0.1) is 0 Å². The number of rotatable bonds is 1. The molecule has 0 amide bonds. The molecule has 94 valence electrons. The second-order valence-corrected chi connectivity index (χ2v) is 6.02. The maximum atomic E-state index is 6.09. The highest BCUT2D eigenvalue weighted by Crippen LogP contribution is 2.25. The molecular weight excluding hydrogens is 198 g/mol. The molecule has 3 heteroatoms. The van der Waals surface area contributed by atoms with E-state index < -0.39 is 0 Å². The van der Waals surface area contributed by atoms with Crippen LogP contribution in [-0.4, -0.2) is 55.1 Å². The molecule has 0 saturated carbocycles. The van der Waals surface area contributed by atoms with E-state index in [9.17, 15) is 0 Å². The largest absolute Gasteiger partial charge is 0.327 e. The minimum Gasteiger partial charge on any atom is -0.327 e. The van der Waals surface area contributed by atoms with Crippen LogP contribution in [0.2, 0.25) is 0 Å². The van der Waals surface area contributed by atoms with Crippen LogP contribution in [0.1, 0.15) is 26.7 Å². The molecule has 3 nitrogen and oxygen atoms in total. The van der Waals surface area contributed by atoms with E-state index in [0.717, 1.165) is 12.0 Å². The van der Waals surface area contributed by atoms with Crippen LogP contribution in [0.3, 0.4) is 0 Å². The molecule has 2 N–H and O–H groups in total. The van der Waals surface area contributed by atoms with Gasteiger partial charge in [-0.3, -0.25) is 4.90 Å². The van der Waals surface area contributed by atoms with Crippen LogP contribution in [0.4, 0.5) is 0 Å². The fourth-order valence-corrected chi connectivity index (χ4v) is 3.38. The average molecular weight is 225 g/mol. The Labute approximate surface area is 100.0 Å². The molecule has 2 fully saturated rings. The molecule has 0 radical (unpaired) electrons. The minimum absolute atomic E-state index is 0.429. The fourth-order valence-electron chi connectivity index (χ4n) is 3.38. The van der Waals surface area contributed by atoms with Gasteiger partial charge in [-0.2, -0.15) is 0 Å². The number of piperidine rings is 2. The maximum Gasteiger partial charge on any atom is 0.0145 e. The molecule has 4 atom stereocenters. The van der Waals surface area contributed by atoms with Crippen molar-refractivity contribution in [3.05, 3.63) is 0 Å². The van der Waals surface area contributed by atoms with Gasteiger partial charge in [0.1, 0.15) is 0 Å². The zero-order valence-electron chi connectivity index (χ0n) is 11.0. The quantitative estimate of drug-likeness (QED) is 0.722. The van der Waals surface area contributed by atoms with Crippen molar-refractivity contribution in [3.8, 4) is 0 Å². The number of likely N-dealkylation sites (tertiary alicyclic amines) is 2. The third kappa shape index (κ3) is 2.58. The van der Waals surface area contributed by atoms with E-state index in [1.165, 1.54) is 39.0 Å². The van der Waals surface area contributed by atoms with Crippen LogP contribution in [0.25, 0.3) is 0 Å². The summed E-state index contributed by atoms with van der Waals surface area (Å²) in [6, 6.07) is 1.23. The lowest BCUT2D eigenvalue weighted by Crippen LogP contribution is -2.55. The summed E-state index contributed by atoms with van der Waals surface area (Å²) in [5.74, 6) is 1.47. The SMILES string of the molecule is CC1CN(C2CCN(C)CC2C)CCC1N. The zero-order valence-corrected chi connectivity index (χ0v) is 11.0. The summed E-state index contributed by atoms with van der Waals surface area (Å²) in [6.07, 6.45) is 2.51. The van der Waals surface area contributed by atoms with E-state index in [2.05, 4.69) is 30.7 Å². The summed E-state index contributed by atoms with van der Waals surface area (Å²) in [6.45, 7) is 9.63. The molecule has 2 heterocycles. The monoisotopic (exact) mass is 225 g/mol. The molecule has 0 bridgehead atoms. The second kappa shape index (κ2) is 5.03. The summed E-state index contributed by atoms with van der Waals surface area (Å²) in [5.41, 5.74) is 6.09. The molecule has 2 aliphatic heterocycles. The van der Waals surface area contributed by atoms with E-state index >= 15 is 0 Å². The van der Waals surface area contributed by atoms with Crippen molar-refractivity contribution in [3.63, 3.8) is 0 Å². The third-order valence-electron chi connectivity index (χ3n) is 4.54. The van der Waals surface area contributed by atoms with E-state index in [4.69, 9.17) is 5.73 Å². The zero-order chi connectivity index (χ0) is 11.7. The van der Waals surface area contributed by atoms with Crippen LogP contribution in [0.5, 0.6) is 0 Å². The summed E-state index contributed by atoms with van der Waals surface area (Å²) >= 11 is 0. The molecule has 16 heavy (non-hydrogen) atoms. The van der Waals surface area contributed by atoms with Gasteiger partial charge in [0.15, 0.2) is 0 Å². The number of nitrogens with zero attached hydrogens (tertiary/aromatic N) is 2. The van der Waals surface area contributed by atoms with Crippen molar-refractivity contribution in [1.29, 1.82) is 0 Å². The van der Waals surface area contributed by atoms with Crippen molar-refractivity contribution in [2.24, 2.45) is 17.6 Å². The lowest BCUT2D eigenvalue weighted by Gasteiger charge is -2.45. The van der Waals surface area contributed by atoms with E-state index in [1.807, 2.05) is 0 Å². The Balaban J connectivity index is 1.92. The van der Waals surface area contributed by atoms with Gasteiger partial charge in [0, 0.05) is 25.2 Å². The number of nitrogens with two attached hydrogens (primary N) is 1. The predicted octanol–water partition coefficient (Wildman–Crippen LogP) is 0.996. The molecule has 0 spiro atoms. The molecular formula is C13H27N3. The van der Waals surface area contributed by atoms with Crippen LogP contribution < -0.4 is 5.73 Å². The van der Waals surface area contributed by atoms with Gasteiger partial charge in [0.25, 0.3) is 0 Å². The smallest absolute Gasteiger partial charge is 0.0145 e. The highest BCUT2D eigenvalue weighted by molar-refractivity contribution is 4.89. The van der Waals surface area contributed by atoms with E-state index in [0.29, 0.717) is 12.0 Å². The average Bonchev–Trinajstić information content (AvgIpc) is 2.22. The number of hydrogen-bond donors (Lipinski definition) is 1. The van der Waals surface area contributed by atoms with Crippen LogP contribution >= 0.6 is 0 Å². The van der Waals surface area contributed by atoms with Crippen LogP contribution in [0.15, 0.2) is 0 Å². The third-order valence-corrected chi connectivity index (χ3v) is 4.54. The Morgan fingerprint density at radius 3 is 2.38 bits per heavy atom. The number of hydrogen-bond acceptors (Lipinski definition) is 3. The molecule has 2 saturated heterocycles. The highest BCUT2D eigenvalue weighted by atomic mass is 15.2. The molecule has 0 aromatic rings. The van der Waals surface area contributed by atoms with Crippen LogP contribution in [0, 0.1) is 11.8 Å². The summed E-state index contributed by atoms with van der Waals surface area (Å²) < 4.78 is 0. The Hall–Kier alpha value is -0.120. The van der Waals surface area contributed by atoms with E-state index in [-0.39, 0.29) is 0 Å². The van der Waals surface area contributed by atoms with Crippen molar-refractivity contribution >= 4 is 0 Å². The lowest BCUT2D eigenvalue weighted by atomic mass is 9.87. The van der Waals surface area contributed by atoms with Gasteiger partial charge < -0.3 is 10.6 Å². The van der Waals surface area contributed by atoms with Gasteiger partial charge in [-0.15, -0.1) is 0 Å². The van der Waals surface area contributed by atoms with Crippen molar-refractivity contribution < 1.29 is 0 Å². The molecule has 2 rings (SSSR count). The molecule has 2 aliphatic rings. The Morgan fingerprint density at radius 2 is 1.75 bits per heavy atom. The van der Waals surface area contributed by atoms with E-state index in [1.54, 1.807) is 0 Å². The van der Waals surface area contributed by atoms with Gasteiger partial charge in [-0.05, 0) is 44.8 Å². The van der Waals surface area contributed by atoms with Gasteiger partial charge >= 0.3 is 0 Å². The summed E-state index contributed by atoms with van der Waals surface area (Å²) in [7, 11) is 2.24. The molecule has 0 aromatic heterocycles. The van der Waals surface area contributed by atoms with Crippen molar-refractivity contribution in [1.82, 2.24) is 9.80 Å². The highest BCUT2D eigenvalue weighted by Gasteiger charge is 2.33. The minimum atomic E-state index is 0.429. The van der Waals surface area contributed by atoms with Gasteiger partial charge in [-0.1, -0.05) is 13.8 Å². The first-order valence-electron chi connectivity index (χ1n) is 6.76. The molecule has 0 aliphatic carbocycles. The first kappa shape index (κ1) is 12.3. The normalized spacial score (nSPS) is 43.5. The molecule has 0 aromatic carbocycles. The van der Waals surface area contributed by atoms with Gasteiger partial charge in [0.2, 0.25) is 0 Å². The second-order valence-electron chi connectivity index (χ2n) is 6.02. The topological polar surface area (TPSA) is 32.5 Å². The molecule has 4 unspecified atom stereocenters. The standard InChI is InChI=1S/C13H27N3/c1-10-9-16(7-4-12(10)14)13-5-6-15(3)8-11(13)2/h10-13H,4-9,14H2,1-3H3. The summed E-state index contributed by atoms with van der Waals surface area (Å²) in [5, 5.41) is 0. The maximum absolute atomic E-state index is 6.09. The first-order valence-corrected chi connectivity index (χ1v) is 6.76. The Bertz CT molecular complexity index is 231. The van der Waals surface area contributed by atoms with Crippen LogP contribution in [-0.2, 0) is 0 Å². The van der Waals surface area contributed by atoms with Gasteiger partial charge in [-0.25, -0.2) is 0 Å². The first-order chi connectivity index (χ1) is 7.58. The van der Waals surface area contributed by atoms with Crippen molar-refractivity contribution in [2.75, 3.05) is 33.2 Å².